The van der Waals surface area contributed by atoms with Gasteiger partial charge in [0.05, 0.1) is 6.61 Å². The van der Waals surface area contributed by atoms with Gasteiger partial charge in [0, 0.05) is 37.3 Å². The molecule has 0 amide bonds. The maximum absolute atomic E-state index is 5.32. The maximum atomic E-state index is 5.32. The molecule has 0 aliphatic carbocycles. The van der Waals surface area contributed by atoms with E-state index >= 15 is 0 Å². The summed E-state index contributed by atoms with van der Waals surface area (Å²) in [5.41, 5.74) is 0. The molecule has 0 fully saturated rings. The Morgan fingerprint density at radius 3 is 3.00 bits per heavy atom. The molecule has 0 aliphatic rings. The van der Waals surface area contributed by atoms with E-state index in [0.717, 1.165) is 24.9 Å². The molecule has 0 saturated heterocycles. The maximum Gasteiger partial charge on any atom is 0.185 e. The summed E-state index contributed by atoms with van der Waals surface area (Å²) >= 11 is 1.73. The highest BCUT2D eigenvalue weighted by Crippen LogP contribution is 2.25. The van der Waals surface area contributed by atoms with Crippen molar-refractivity contribution in [2.45, 2.75) is 19.9 Å². The van der Waals surface area contributed by atoms with Gasteiger partial charge in [-0.2, -0.15) is 0 Å². The third-order valence-electron chi connectivity index (χ3n) is 2.47. The van der Waals surface area contributed by atoms with Crippen LogP contribution < -0.4 is 10.2 Å². The van der Waals surface area contributed by atoms with Crippen LogP contribution in [0.5, 0.6) is 0 Å². The molecule has 0 bridgehead atoms. The molecule has 5 heteroatoms. The van der Waals surface area contributed by atoms with Gasteiger partial charge in [-0.1, -0.05) is 0 Å². The van der Waals surface area contributed by atoms with E-state index in [2.05, 4.69) is 22.1 Å². The van der Waals surface area contributed by atoms with Gasteiger partial charge in [0.2, 0.25) is 0 Å². The fourth-order valence-corrected chi connectivity index (χ4v) is 2.20. The van der Waals surface area contributed by atoms with Gasteiger partial charge in [-0.05, 0) is 20.9 Å². The summed E-state index contributed by atoms with van der Waals surface area (Å²) in [5, 5.41) is 4.27. The standard InChI is InChI=1S/C11H21N3OS/c1-5-15-7-6-14(4)11-13-8-10(16-11)9(2)12-3/h8-9,12H,5-7H2,1-4H3. The van der Waals surface area contributed by atoms with E-state index in [1.807, 2.05) is 27.2 Å². The minimum atomic E-state index is 0.367. The molecule has 1 rings (SSSR count). The molecular weight excluding hydrogens is 222 g/mol. The lowest BCUT2D eigenvalue weighted by molar-refractivity contribution is 0.154. The fraction of sp³-hybridized carbons (Fsp3) is 0.727. The molecule has 4 nitrogen and oxygen atoms in total. The number of likely N-dealkylation sites (N-methyl/N-ethyl adjacent to an activating group) is 1. The van der Waals surface area contributed by atoms with Crippen LogP contribution in [0.1, 0.15) is 24.8 Å². The number of anilines is 1. The Morgan fingerprint density at radius 2 is 2.38 bits per heavy atom. The summed E-state index contributed by atoms with van der Waals surface area (Å²) in [6.45, 7) is 6.56. The first-order valence-corrected chi connectivity index (χ1v) is 6.42. The summed E-state index contributed by atoms with van der Waals surface area (Å²) in [6.07, 6.45) is 1.94. The van der Waals surface area contributed by atoms with E-state index in [9.17, 15) is 0 Å². The Bertz CT molecular complexity index is 303. The quantitative estimate of drug-likeness (QED) is 0.742. The van der Waals surface area contributed by atoms with E-state index in [1.165, 1.54) is 4.88 Å². The van der Waals surface area contributed by atoms with Crippen molar-refractivity contribution in [3.8, 4) is 0 Å². The van der Waals surface area contributed by atoms with Crippen molar-refractivity contribution in [2.75, 3.05) is 38.8 Å². The van der Waals surface area contributed by atoms with Crippen LogP contribution in [0, 0.1) is 0 Å². The number of hydrogen-bond donors (Lipinski definition) is 1. The third-order valence-corrected chi connectivity index (χ3v) is 3.77. The SMILES string of the molecule is CCOCCN(C)c1ncc(C(C)NC)s1. The zero-order chi connectivity index (χ0) is 12.0. The van der Waals surface area contributed by atoms with Crippen molar-refractivity contribution in [1.82, 2.24) is 10.3 Å². The van der Waals surface area contributed by atoms with Gasteiger partial charge in [-0.15, -0.1) is 11.3 Å². The number of hydrogen-bond acceptors (Lipinski definition) is 5. The highest BCUT2D eigenvalue weighted by Gasteiger charge is 2.10. The zero-order valence-corrected chi connectivity index (χ0v) is 11.3. The predicted molar refractivity (Wildman–Crippen MR) is 69.4 cm³/mol. The Morgan fingerprint density at radius 1 is 1.62 bits per heavy atom. The van der Waals surface area contributed by atoms with Gasteiger partial charge < -0.3 is 15.0 Å². The fourth-order valence-electron chi connectivity index (χ4n) is 1.24. The van der Waals surface area contributed by atoms with Crippen molar-refractivity contribution in [3.63, 3.8) is 0 Å². The average molecular weight is 243 g/mol. The number of rotatable bonds is 7. The normalized spacial score (nSPS) is 12.8. The molecule has 0 radical (unpaired) electrons. The van der Waals surface area contributed by atoms with Crippen LogP contribution in [0.15, 0.2) is 6.20 Å². The van der Waals surface area contributed by atoms with Gasteiger partial charge >= 0.3 is 0 Å². The van der Waals surface area contributed by atoms with Crippen molar-refractivity contribution in [2.24, 2.45) is 0 Å². The third kappa shape index (κ3) is 3.73. The smallest absolute Gasteiger partial charge is 0.185 e. The largest absolute Gasteiger partial charge is 0.380 e. The van der Waals surface area contributed by atoms with Crippen LogP contribution in [0.3, 0.4) is 0 Å². The van der Waals surface area contributed by atoms with Crippen LogP contribution in [0.2, 0.25) is 0 Å². The van der Waals surface area contributed by atoms with E-state index in [4.69, 9.17) is 4.74 Å². The van der Waals surface area contributed by atoms with Crippen LogP contribution in [-0.4, -0.2) is 38.8 Å². The van der Waals surface area contributed by atoms with Gasteiger partial charge in [0.25, 0.3) is 0 Å². The molecule has 16 heavy (non-hydrogen) atoms. The Hall–Kier alpha value is -0.650. The van der Waals surface area contributed by atoms with Gasteiger partial charge in [-0.25, -0.2) is 4.98 Å². The lowest BCUT2D eigenvalue weighted by atomic mass is 10.3. The molecule has 0 aliphatic heterocycles. The molecule has 1 aromatic rings. The summed E-state index contributed by atoms with van der Waals surface area (Å²) in [4.78, 5) is 7.81. The lowest BCUT2D eigenvalue weighted by Crippen LogP contribution is -2.22. The van der Waals surface area contributed by atoms with E-state index < -0.39 is 0 Å². The highest BCUT2D eigenvalue weighted by molar-refractivity contribution is 7.15. The van der Waals surface area contributed by atoms with Gasteiger partial charge in [0.15, 0.2) is 5.13 Å². The number of nitrogens with one attached hydrogen (secondary N) is 1. The number of nitrogens with zero attached hydrogens (tertiary/aromatic N) is 2. The minimum absolute atomic E-state index is 0.367. The molecule has 1 N–H and O–H groups in total. The summed E-state index contributed by atoms with van der Waals surface area (Å²) in [5.74, 6) is 0. The second kappa shape index (κ2) is 6.83. The number of ether oxygens (including phenoxy) is 1. The molecule has 92 valence electrons. The van der Waals surface area contributed by atoms with Crippen LogP contribution in [0.25, 0.3) is 0 Å². The molecule has 0 aromatic carbocycles. The van der Waals surface area contributed by atoms with Crippen molar-refractivity contribution in [3.05, 3.63) is 11.1 Å². The van der Waals surface area contributed by atoms with E-state index in [-0.39, 0.29) is 0 Å². The Kier molecular flexibility index (Phi) is 5.73. The topological polar surface area (TPSA) is 37.4 Å². The van der Waals surface area contributed by atoms with Gasteiger partial charge in [-0.3, -0.25) is 0 Å². The molecular formula is C11H21N3OS. The Balaban J connectivity index is 2.49. The van der Waals surface area contributed by atoms with Crippen LogP contribution >= 0.6 is 11.3 Å². The minimum Gasteiger partial charge on any atom is -0.380 e. The van der Waals surface area contributed by atoms with Crippen molar-refractivity contribution in [1.29, 1.82) is 0 Å². The molecule has 1 unspecified atom stereocenters. The molecule has 1 heterocycles. The van der Waals surface area contributed by atoms with Gasteiger partial charge in [0.1, 0.15) is 0 Å². The zero-order valence-electron chi connectivity index (χ0n) is 10.5. The molecule has 1 atom stereocenters. The first-order chi connectivity index (χ1) is 7.69. The summed E-state index contributed by atoms with van der Waals surface area (Å²) < 4.78 is 5.32. The van der Waals surface area contributed by atoms with E-state index in [1.54, 1.807) is 11.3 Å². The summed E-state index contributed by atoms with van der Waals surface area (Å²) in [7, 11) is 4.01. The van der Waals surface area contributed by atoms with Crippen LogP contribution in [-0.2, 0) is 4.74 Å². The Labute approximate surface area is 102 Å². The number of aromatic nitrogens is 1. The molecule has 0 spiro atoms. The van der Waals surface area contributed by atoms with E-state index in [0.29, 0.717) is 6.04 Å². The monoisotopic (exact) mass is 243 g/mol. The van der Waals surface area contributed by atoms with Crippen molar-refractivity contribution < 1.29 is 4.74 Å². The average Bonchev–Trinajstić information content (AvgIpc) is 2.77. The lowest BCUT2D eigenvalue weighted by Gasteiger charge is -2.15. The molecule has 1 aromatic heterocycles. The molecule has 0 saturated carbocycles. The first kappa shape index (κ1) is 13.4. The second-order valence-electron chi connectivity index (χ2n) is 3.67. The van der Waals surface area contributed by atoms with Crippen LogP contribution in [0.4, 0.5) is 5.13 Å². The van der Waals surface area contributed by atoms with Crippen molar-refractivity contribution >= 4 is 16.5 Å². The number of thiazole rings is 1. The highest BCUT2D eigenvalue weighted by atomic mass is 32.1. The first-order valence-electron chi connectivity index (χ1n) is 5.60. The predicted octanol–water partition coefficient (Wildman–Crippen LogP) is 1.90. The second-order valence-corrected chi connectivity index (χ2v) is 4.71. The summed E-state index contributed by atoms with van der Waals surface area (Å²) in [6, 6.07) is 0.367.